The van der Waals surface area contributed by atoms with Crippen LogP contribution >= 0.6 is 46.6 Å². The molecule has 16 nitrogen and oxygen atoms in total. The Kier molecular flexibility index (Phi) is 15.2. The second kappa shape index (κ2) is 22.0. The highest BCUT2D eigenvalue weighted by Gasteiger charge is 2.55. The van der Waals surface area contributed by atoms with E-state index >= 15 is 0 Å². The molecule has 0 radical (unpaired) electrons. The predicted molar refractivity (Wildman–Crippen MR) is 279 cm³/mol. The van der Waals surface area contributed by atoms with Crippen molar-refractivity contribution in [1.29, 1.82) is 0 Å². The molecule has 2 atom stereocenters. The number of tetrazole rings is 1. The van der Waals surface area contributed by atoms with Crippen molar-refractivity contribution >= 4 is 81.3 Å². The van der Waals surface area contributed by atoms with Crippen LogP contribution in [0.4, 0.5) is 9.93 Å². The highest BCUT2D eigenvalue weighted by atomic mass is 32.2. The number of ether oxygens (including phenoxy) is 2. The van der Waals surface area contributed by atoms with Crippen LogP contribution in [0.15, 0.2) is 178 Å². The minimum Gasteiger partial charge on any atom is -0.448 e. The average Bonchev–Trinajstić information content (AvgIpc) is 4.04. The summed E-state index contributed by atoms with van der Waals surface area (Å²) in [7, 11) is 1.74. The quantitative estimate of drug-likeness (QED) is 0.0167. The lowest BCUT2D eigenvalue weighted by molar-refractivity contribution is -0.154. The van der Waals surface area contributed by atoms with Crippen molar-refractivity contribution in [1.82, 2.24) is 35.4 Å². The third kappa shape index (κ3) is 11.0. The number of anilines is 1. The van der Waals surface area contributed by atoms with Crippen LogP contribution in [-0.2, 0) is 41.3 Å². The van der Waals surface area contributed by atoms with Gasteiger partial charge in [0.1, 0.15) is 28.4 Å². The fraction of sp³-hybridized carbons (Fsp3) is 0.212. The maximum atomic E-state index is 15.0. The van der Waals surface area contributed by atoms with E-state index in [1.54, 1.807) is 37.9 Å². The smallest absolute Gasteiger partial charge is 0.413 e. The van der Waals surface area contributed by atoms with E-state index in [0.717, 1.165) is 22.5 Å². The molecule has 0 bridgehead atoms. The summed E-state index contributed by atoms with van der Waals surface area (Å²) in [5.74, 6) is -1.71. The standard InChI is InChI=1S/C52H47N9O7S4/c1-51(2,3)67-50(65)55-48-53-38(30-70-48)40(57-68-52(35-24-14-7-15-25-35,36-26-16-8-17-27-36)37-28-18-9-19-29-37)44(62)54-41-45(63)61-42(39(31-69-46(41)61)71-32-72-49-56-58-59-60(49)4)47(64)66-43(33-20-10-5-11-21-33)34-22-12-6-13-23-34/h5-30,41,43,46H,31-32H2,1-4H3,(H,54,62)(H,53,55,65)/t41?,46-/m0/s1. The van der Waals surface area contributed by atoms with Gasteiger partial charge >= 0.3 is 12.1 Å². The van der Waals surface area contributed by atoms with Crippen LogP contribution in [0.5, 0.6) is 0 Å². The fourth-order valence-corrected chi connectivity index (χ4v) is 12.2. The number of β-lactam (4-membered cyclic amide) rings is 1. The van der Waals surface area contributed by atoms with Crippen LogP contribution in [0.1, 0.15) is 60.4 Å². The second-order valence-electron chi connectivity index (χ2n) is 17.2. The van der Waals surface area contributed by atoms with Crippen LogP contribution in [0.25, 0.3) is 0 Å². The van der Waals surface area contributed by atoms with Crippen molar-refractivity contribution < 1.29 is 33.5 Å². The number of thioether (sulfide) groups is 3. The van der Waals surface area contributed by atoms with Crippen molar-refractivity contribution in [3.63, 3.8) is 0 Å². The van der Waals surface area contributed by atoms with Gasteiger partial charge in [-0.2, -0.15) is 0 Å². The summed E-state index contributed by atoms with van der Waals surface area (Å²) in [6.45, 7) is 5.22. The topological polar surface area (TPSA) is 192 Å². The molecule has 20 heteroatoms. The number of hydrogen-bond donors (Lipinski definition) is 2. The molecule has 1 fully saturated rings. The molecule has 7 aromatic rings. The minimum absolute atomic E-state index is 0.0536. The molecule has 72 heavy (non-hydrogen) atoms. The summed E-state index contributed by atoms with van der Waals surface area (Å²) in [6, 6.07) is 46.2. The monoisotopic (exact) mass is 1040 g/mol. The lowest BCUT2D eigenvalue weighted by Crippen LogP contribution is -2.71. The summed E-state index contributed by atoms with van der Waals surface area (Å²) < 4.78 is 13.4. The zero-order valence-electron chi connectivity index (χ0n) is 39.3. The van der Waals surface area contributed by atoms with Crippen molar-refractivity contribution in [3.05, 3.63) is 201 Å². The Morgan fingerprint density at radius 3 is 1.89 bits per heavy atom. The van der Waals surface area contributed by atoms with Gasteiger partial charge in [-0.15, -0.1) is 40.0 Å². The number of amides is 3. The van der Waals surface area contributed by atoms with E-state index in [0.29, 0.717) is 37.6 Å². The molecule has 2 aliphatic heterocycles. The molecule has 3 amide bonds. The number of hydrogen-bond acceptors (Lipinski definition) is 16. The van der Waals surface area contributed by atoms with Gasteiger partial charge in [-0.25, -0.2) is 19.3 Å². The third-order valence-electron chi connectivity index (χ3n) is 11.2. The van der Waals surface area contributed by atoms with Gasteiger partial charge in [-0.3, -0.25) is 19.8 Å². The van der Waals surface area contributed by atoms with Gasteiger partial charge < -0.3 is 19.6 Å². The molecule has 366 valence electrons. The Bertz CT molecular complexity index is 2960. The fourth-order valence-electron chi connectivity index (χ4n) is 7.97. The molecule has 2 aliphatic rings. The summed E-state index contributed by atoms with van der Waals surface area (Å²) in [5, 5.41) is 23.9. The predicted octanol–water partition coefficient (Wildman–Crippen LogP) is 9.15. The van der Waals surface area contributed by atoms with Gasteiger partial charge in [-0.1, -0.05) is 169 Å². The summed E-state index contributed by atoms with van der Waals surface area (Å²) in [4.78, 5) is 70.6. The molecule has 9 rings (SSSR count). The minimum atomic E-state index is -1.39. The molecular formula is C52H47N9O7S4. The van der Waals surface area contributed by atoms with Gasteiger partial charge in [0.05, 0.1) is 5.08 Å². The Morgan fingerprint density at radius 1 is 0.806 bits per heavy atom. The number of nitrogens with zero attached hydrogens (tertiary/aromatic N) is 7. The van der Waals surface area contributed by atoms with Gasteiger partial charge in [0.2, 0.25) is 10.8 Å². The first-order chi connectivity index (χ1) is 34.9. The Hall–Kier alpha value is -7.26. The van der Waals surface area contributed by atoms with E-state index in [1.807, 2.05) is 152 Å². The number of carbonyl (C=O) groups excluding carboxylic acids is 4. The molecular weight excluding hydrogens is 991 g/mol. The maximum absolute atomic E-state index is 15.0. The zero-order valence-corrected chi connectivity index (χ0v) is 42.5. The van der Waals surface area contributed by atoms with Crippen LogP contribution in [-0.4, -0.2) is 87.5 Å². The van der Waals surface area contributed by atoms with E-state index in [4.69, 9.17) is 14.3 Å². The molecule has 2 aromatic heterocycles. The number of rotatable bonds is 17. The molecule has 4 heterocycles. The van der Waals surface area contributed by atoms with Crippen molar-refractivity contribution in [2.45, 2.75) is 54.6 Å². The number of nitrogens with one attached hydrogen (secondary N) is 2. The Balaban J connectivity index is 1.06. The Labute approximate surface area is 432 Å². The second-order valence-corrected chi connectivity index (χ2v) is 21.5. The molecule has 0 spiro atoms. The largest absolute Gasteiger partial charge is 0.448 e. The van der Waals surface area contributed by atoms with Crippen LogP contribution in [0.2, 0.25) is 0 Å². The zero-order chi connectivity index (χ0) is 50.2. The number of oxime groups is 1. The molecule has 1 saturated heterocycles. The van der Waals surface area contributed by atoms with E-state index < -0.39 is 52.6 Å². The first-order valence-corrected chi connectivity index (χ1v) is 26.5. The molecule has 1 unspecified atom stereocenters. The van der Waals surface area contributed by atoms with E-state index in [2.05, 4.69) is 36.3 Å². The third-order valence-corrected chi connectivity index (χ3v) is 15.7. The molecule has 0 saturated carbocycles. The van der Waals surface area contributed by atoms with Crippen LogP contribution in [0, 0.1) is 0 Å². The summed E-state index contributed by atoms with van der Waals surface area (Å²) >= 11 is 5.20. The number of esters is 1. The number of fused-ring (bicyclic) bond motifs is 1. The highest BCUT2D eigenvalue weighted by Crippen LogP contribution is 2.46. The lowest BCUT2D eigenvalue weighted by Gasteiger charge is -2.49. The normalized spacial score (nSPS) is 15.9. The SMILES string of the molecule is Cn1nnnc1SCSC1=C(C(=O)OC(c2ccccc2)c2ccccc2)N2C(=O)C(NC(=O)C(=NOC(c3ccccc3)(c3ccccc3)c3ccccc3)c3csc(NC(=O)OC(C)(C)C)n3)[C@@H]2SC1. The van der Waals surface area contributed by atoms with Gasteiger partial charge in [0.15, 0.2) is 16.9 Å². The lowest BCUT2D eigenvalue weighted by atomic mass is 9.80. The van der Waals surface area contributed by atoms with Crippen molar-refractivity contribution in [3.8, 4) is 0 Å². The van der Waals surface area contributed by atoms with E-state index in [9.17, 15) is 19.2 Å². The number of carbonyl (C=O) groups is 4. The number of aryl methyl sites for hydroxylation is 1. The summed E-state index contributed by atoms with van der Waals surface area (Å²) in [5.41, 5.74) is 1.32. The number of benzene rings is 5. The Morgan fingerprint density at radius 2 is 1.36 bits per heavy atom. The van der Waals surface area contributed by atoms with Gasteiger partial charge in [0.25, 0.3) is 11.8 Å². The first kappa shape index (κ1) is 49.7. The van der Waals surface area contributed by atoms with Gasteiger partial charge in [-0.05, 0) is 42.3 Å². The molecule has 5 aromatic carbocycles. The van der Waals surface area contributed by atoms with E-state index in [1.165, 1.54) is 40.2 Å². The number of thiazole rings is 1. The summed E-state index contributed by atoms with van der Waals surface area (Å²) in [6.07, 6.45) is -1.53. The van der Waals surface area contributed by atoms with Gasteiger partial charge in [0, 0.05) is 39.8 Å². The van der Waals surface area contributed by atoms with E-state index in [-0.39, 0.29) is 22.2 Å². The highest BCUT2D eigenvalue weighted by molar-refractivity contribution is 8.18. The average molecular weight is 1040 g/mol. The van der Waals surface area contributed by atoms with Crippen LogP contribution in [0.3, 0.4) is 0 Å². The number of aromatic nitrogens is 5. The van der Waals surface area contributed by atoms with Crippen molar-refractivity contribution in [2.75, 3.05) is 16.2 Å². The maximum Gasteiger partial charge on any atom is 0.413 e. The van der Waals surface area contributed by atoms with Crippen molar-refractivity contribution in [2.24, 2.45) is 12.2 Å². The first-order valence-electron chi connectivity index (χ1n) is 22.6. The van der Waals surface area contributed by atoms with Crippen LogP contribution < -0.4 is 10.6 Å². The molecule has 2 N–H and O–H groups in total. The molecule has 0 aliphatic carbocycles.